The van der Waals surface area contributed by atoms with E-state index >= 15 is 0 Å². The van der Waals surface area contributed by atoms with Crippen molar-refractivity contribution in [2.24, 2.45) is 0 Å². The zero-order valence-corrected chi connectivity index (χ0v) is 12.1. The number of alkyl halides is 1. The van der Waals surface area contributed by atoms with Crippen LogP contribution in [-0.4, -0.2) is 37.4 Å². The van der Waals surface area contributed by atoms with Gasteiger partial charge in [0.05, 0.1) is 0 Å². The van der Waals surface area contributed by atoms with Crippen LogP contribution in [0.25, 0.3) is 0 Å². The molecule has 0 bridgehead atoms. The topological polar surface area (TPSA) is 29.5 Å². The van der Waals surface area contributed by atoms with Gasteiger partial charge in [-0.2, -0.15) is 0 Å². The Kier molecular flexibility index (Phi) is 15.8. The van der Waals surface area contributed by atoms with E-state index in [2.05, 4.69) is 4.74 Å². The Morgan fingerprint density at radius 3 is 1.88 bits per heavy atom. The molecule has 16 heavy (non-hydrogen) atoms. The fourth-order valence-corrected chi connectivity index (χ4v) is 0.443. The largest absolute Gasteiger partial charge is 0.446 e. The second-order valence-corrected chi connectivity index (χ2v) is 3.22. The SMILES string of the molecule is CC.CC.CCC(C)(F)COC(=O)N(C)C. The van der Waals surface area contributed by atoms with Crippen LogP contribution >= 0.6 is 0 Å². The molecule has 0 aliphatic rings. The minimum atomic E-state index is -1.41. The van der Waals surface area contributed by atoms with E-state index in [0.717, 1.165) is 0 Å². The lowest BCUT2D eigenvalue weighted by Gasteiger charge is -2.19. The van der Waals surface area contributed by atoms with Gasteiger partial charge in [0.1, 0.15) is 12.3 Å². The molecule has 100 valence electrons. The molecule has 3 nitrogen and oxygen atoms in total. The molecular weight excluding hydrogens is 209 g/mol. The number of nitrogens with zero attached hydrogens (tertiary/aromatic N) is 1. The summed E-state index contributed by atoms with van der Waals surface area (Å²) in [5.41, 5.74) is -1.41. The Labute approximate surface area is 100.0 Å². The normalized spacial score (nSPS) is 12.1. The molecule has 0 N–H and O–H groups in total. The Balaban J connectivity index is -0.000000376. The van der Waals surface area contributed by atoms with Crippen LogP contribution in [0, 0.1) is 0 Å². The van der Waals surface area contributed by atoms with Crippen molar-refractivity contribution in [3.05, 3.63) is 0 Å². The Morgan fingerprint density at radius 2 is 1.62 bits per heavy atom. The number of ether oxygens (including phenoxy) is 1. The Bertz CT molecular complexity index is 159. The summed E-state index contributed by atoms with van der Waals surface area (Å²) in [4.78, 5) is 12.1. The van der Waals surface area contributed by atoms with Crippen molar-refractivity contribution in [1.82, 2.24) is 4.90 Å². The summed E-state index contributed by atoms with van der Waals surface area (Å²) in [5, 5.41) is 0. The van der Waals surface area contributed by atoms with Crippen LogP contribution in [-0.2, 0) is 4.74 Å². The predicted molar refractivity (Wildman–Crippen MR) is 67.5 cm³/mol. The summed E-state index contributed by atoms with van der Waals surface area (Å²) in [6.45, 7) is 10.9. The van der Waals surface area contributed by atoms with Crippen LogP contribution in [0.3, 0.4) is 0 Å². The first-order valence-electron chi connectivity index (χ1n) is 5.92. The minimum absolute atomic E-state index is 0.180. The molecule has 0 aromatic carbocycles. The van der Waals surface area contributed by atoms with E-state index in [1.165, 1.54) is 11.8 Å². The van der Waals surface area contributed by atoms with Crippen LogP contribution in [0.5, 0.6) is 0 Å². The van der Waals surface area contributed by atoms with Crippen LogP contribution in [0.15, 0.2) is 0 Å². The summed E-state index contributed by atoms with van der Waals surface area (Å²) in [6, 6.07) is 0. The third kappa shape index (κ3) is 13.2. The van der Waals surface area contributed by atoms with Gasteiger partial charge in [-0.05, 0) is 13.3 Å². The average Bonchev–Trinajstić information content (AvgIpc) is 2.31. The zero-order chi connectivity index (χ0) is 13.8. The Morgan fingerprint density at radius 1 is 1.25 bits per heavy atom. The minimum Gasteiger partial charge on any atom is -0.446 e. The molecule has 1 unspecified atom stereocenters. The van der Waals surface area contributed by atoms with Crippen LogP contribution in [0.2, 0.25) is 0 Å². The molecule has 1 atom stereocenters. The molecule has 0 saturated carbocycles. The number of carbonyl (C=O) groups excluding carboxylic acids is 1. The molecular formula is C12H28FNO2. The van der Waals surface area contributed by atoms with E-state index in [4.69, 9.17) is 0 Å². The van der Waals surface area contributed by atoms with Crippen molar-refractivity contribution in [3.8, 4) is 0 Å². The van der Waals surface area contributed by atoms with Crippen LogP contribution < -0.4 is 0 Å². The van der Waals surface area contributed by atoms with Crippen molar-refractivity contribution in [2.45, 2.75) is 53.6 Å². The van der Waals surface area contributed by atoms with Crippen LogP contribution in [0.4, 0.5) is 9.18 Å². The number of carbonyl (C=O) groups is 1. The summed E-state index contributed by atoms with van der Waals surface area (Å²) in [6.07, 6.45) is -0.166. The van der Waals surface area contributed by atoms with Crippen molar-refractivity contribution in [1.29, 1.82) is 0 Å². The number of amides is 1. The lowest BCUT2D eigenvalue weighted by atomic mass is 10.1. The first-order valence-corrected chi connectivity index (χ1v) is 5.92. The van der Waals surface area contributed by atoms with Gasteiger partial charge in [-0.1, -0.05) is 34.6 Å². The van der Waals surface area contributed by atoms with Gasteiger partial charge in [-0.3, -0.25) is 0 Å². The van der Waals surface area contributed by atoms with Gasteiger partial charge < -0.3 is 9.64 Å². The van der Waals surface area contributed by atoms with E-state index in [-0.39, 0.29) is 6.61 Å². The summed E-state index contributed by atoms with van der Waals surface area (Å²) in [5.74, 6) is 0. The summed E-state index contributed by atoms with van der Waals surface area (Å²) >= 11 is 0. The van der Waals surface area contributed by atoms with Gasteiger partial charge in [-0.25, -0.2) is 9.18 Å². The molecule has 0 aromatic heterocycles. The Hall–Kier alpha value is -0.800. The smallest absolute Gasteiger partial charge is 0.409 e. The van der Waals surface area contributed by atoms with E-state index in [9.17, 15) is 9.18 Å². The van der Waals surface area contributed by atoms with E-state index in [1.807, 2.05) is 27.7 Å². The van der Waals surface area contributed by atoms with E-state index < -0.39 is 11.8 Å². The van der Waals surface area contributed by atoms with Gasteiger partial charge in [0.2, 0.25) is 0 Å². The maximum atomic E-state index is 13.1. The second kappa shape index (κ2) is 12.3. The number of rotatable bonds is 3. The third-order valence-corrected chi connectivity index (χ3v) is 1.60. The highest BCUT2D eigenvalue weighted by atomic mass is 19.1. The highest BCUT2D eigenvalue weighted by Gasteiger charge is 2.23. The first kappa shape index (κ1) is 20.6. The van der Waals surface area contributed by atoms with Crippen molar-refractivity contribution < 1.29 is 13.9 Å². The summed E-state index contributed by atoms with van der Waals surface area (Å²) in [7, 11) is 3.12. The van der Waals surface area contributed by atoms with Gasteiger partial charge in [0.25, 0.3) is 0 Å². The standard InChI is InChI=1S/C8H16FNO2.2C2H6/c1-5-8(2,9)6-12-7(11)10(3)4;2*1-2/h5-6H2,1-4H3;2*1-2H3. The molecule has 0 radical (unpaired) electrons. The molecule has 0 spiro atoms. The first-order chi connectivity index (χ1) is 7.39. The lowest BCUT2D eigenvalue weighted by molar-refractivity contribution is 0.0450. The molecule has 0 heterocycles. The van der Waals surface area contributed by atoms with Gasteiger partial charge in [0, 0.05) is 14.1 Å². The molecule has 1 amide bonds. The van der Waals surface area contributed by atoms with Crippen molar-refractivity contribution in [3.63, 3.8) is 0 Å². The highest BCUT2D eigenvalue weighted by molar-refractivity contribution is 5.66. The van der Waals surface area contributed by atoms with Gasteiger partial charge in [0.15, 0.2) is 0 Å². The molecule has 0 fully saturated rings. The molecule has 0 aliphatic carbocycles. The molecule has 0 saturated heterocycles. The van der Waals surface area contributed by atoms with Crippen molar-refractivity contribution >= 4 is 6.09 Å². The highest BCUT2D eigenvalue weighted by Crippen LogP contribution is 2.14. The predicted octanol–water partition coefficient (Wildman–Crippen LogP) is 3.88. The summed E-state index contributed by atoms with van der Waals surface area (Å²) < 4.78 is 17.8. The van der Waals surface area contributed by atoms with Crippen molar-refractivity contribution in [2.75, 3.05) is 20.7 Å². The fourth-order valence-electron chi connectivity index (χ4n) is 0.443. The number of hydrogen-bond donors (Lipinski definition) is 0. The number of hydrogen-bond acceptors (Lipinski definition) is 2. The zero-order valence-electron chi connectivity index (χ0n) is 12.1. The molecule has 0 aromatic rings. The maximum absolute atomic E-state index is 13.1. The van der Waals surface area contributed by atoms with E-state index in [1.54, 1.807) is 21.0 Å². The molecule has 4 heteroatoms. The number of halogens is 1. The average molecular weight is 237 g/mol. The lowest BCUT2D eigenvalue weighted by Crippen LogP contribution is -2.30. The van der Waals surface area contributed by atoms with E-state index in [0.29, 0.717) is 6.42 Å². The monoisotopic (exact) mass is 237 g/mol. The van der Waals surface area contributed by atoms with Crippen LogP contribution in [0.1, 0.15) is 48.0 Å². The fraction of sp³-hybridized carbons (Fsp3) is 0.917. The molecule has 0 rings (SSSR count). The quantitative estimate of drug-likeness (QED) is 0.745. The molecule has 0 aliphatic heterocycles. The second-order valence-electron chi connectivity index (χ2n) is 3.22. The third-order valence-electron chi connectivity index (χ3n) is 1.60. The van der Waals surface area contributed by atoms with Gasteiger partial charge >= 0.3 is 6.09 Å². The van der Waals surface area contributed by atoms with Gasteiger partial charge in [-0.15, -0.1) is 0 Å². The maximum Gasteiger partial charge on any atom is 0.409 e.